The zero-order valence-corrected chi connectivity index (χ0v) is 15.5. The maximum absolute atomic E-state index is 12.4. The Morgan fingerprint density at radius 3 is 2.92 bits per heavy atom. The third-order valence-corrected chi connectivity index (χ3v) is 4.68. The average Bonchev–Trinajstić information content (AvgIpc) is 3.16. The number of nitrogens with zero attached hydrogens (tertiary/aromatic N) is 3. The Balaban J connectivity index is 1.64. The number of carbonyl (C=O) groups is 1. The van der Waals surface area contributed by atoms with Gasteiger partial charge in [0.05, 0.1) is 17.4 Å². The quantitative estimate of drug-likeness (QED) is 0.690. The Morgan fingerprint density at radius 1 is 1.27 bits per heavy atom. The van der Waals surface area contributed by atoms with Gasteiger partial charge in [-0.15, -0.1) is 5.10 Å². The van der Waals surface area contributed by atoms with E-state index in [2.05, 4.69) is 19.9 Å². The maximum Gasteiger partial charge on any atom is 0.265 e. The molecule has 2 heterocycles. The molecule has 0 radical (unpaired) electrons. The highest BCUT2D eigenvalue weighted by Crippen LogP contribution is 2.21. The summed E-state index contributed by atoms with van der Waals surface area (Å²) in [6.07, 6.45) is 2.43. The van der Waals surface area contributed by atoms with Crippen LogP contribution in [0.15, 0.2) is 48.7 Å². The van der Waals surface area contributed by atoms with Crippen molar-refractivity contribution in [2.75, 3.05) is 0 Å². The molecule has 0 saturated carbocycles. The topological polar surface area (TPSA) is 77.0 Å². The first kappa shape index (κ1) is 18.0. The fourth-order valence-electron chi connectivity index (χ4n) is 2.47. The monoisotopic (exact) mass is 368 g/mol. The Hall–Kier alpha value is -2.80. The van der Waals surface area contributed by atoms with E-state index in [0.29, 0.717) is 17.9 Å². The molecule has 7 heteroatoms. The minimum Gasteiger partial charge on any atom is -0.487 e. The summed E-state index contributed by atoms with van der Waals surface area (Å²) in [6, 6.07) is 13.3. The van der Waals surface area contributed by atoms with Crippen molar-refractivity contribution >= 4 is 17.4 Å². The number of pyridine rings is 1. The smallest absolute Gasteiger partial charge is 0.265 e. The van der Waals surface area contributed by atoms with Gasteiger partial charge in [-0.25, -0.2) is 0 Å². The standard InChI is InChI=1S/C19H20N4O2S/c1-3-17-18(26-23-22-17)19(24)21-13(2)14-7-6-9-16(11-14)25-12-15-8-4-5-10-20-15/h4-11,13H,3,12H2,1-2H3,(H,21,24)/t13-/m1/s1. The van der Waals surface area contributed by atoms with Gasteiger partial charge in [-0.2, -0.15) is 0 Å². The molecule has 134 valence electrons. The number of nitrogens with one attached hydrogen (secondary N) is 1. The van der Waals surface area contributed by atoms with Crippen molar-refractivity contribution in [2.24, 2.45) is 0 Å². The lowest BCUT2D eigenvalue weighted by molar-refractivity contribution is 0.0943. The molecule has 26 heavy (non-hydrogen) atoms. The number of benzene rings is 1. The summed E-state index contributed by atoms with van der Waals surface area (Å²) < 4.78 is 9.67. The first-order chi connectivity index (χ1) is 12.7. The Bertz CT molecular complexity index is 867. The second kappa shape index (κ2) is 8.53. The molecule has 0 spiro atoms. The number of carbonyl (C=O) groups excluding carboxylic acids is 1. The van der Waals surface area contributed by atoms with Crippen LogP contribution in [0.5, 0.6) is 5.75 Å². The van der Waals surface area contributed by atoms with Crippen LogP contribution in [-0.4, -0.2) is 20.5 Å². The highest BCUT2D eigenvalue weighted by Gasteiger charge is 2.18. The van der Waals surface area contributed by atoms with E-state index in [-0.39, 0.29) is 11.9 Å². The molecule has 0 aliphatic heterocycles. The van der Waals surface area contributed by atoms with Crippen molar-refractivity contribution in [3.8, 4) is 5.75 Å². The zero-order chi connectivity index (χ0) is 18.4. The third kappa shape index (κ3) is 4.43. The molecule has 0 aliphatic rings. The molecule has 0 fully saturated rings. The lowest BCUT2D eigenvalue weighted by Gasteiger charge is -2.15. The van der Waals surface area contributed by atoms with Crippen LogP contribution in [-0.2, 0) is 13.0 Å². The van der Waals surface area contributed by atoms with Gasteiger partial charge < -0.3 is 10.1 Å². The number of ether oxygens (including phenoxy) is 1. The van der Waals surface area contributed by atoms with Crippen molar-refractivity contribution in [1.82, 2.24) is 19.9 Å². The molecule has 2 aromatic heterocycles. The first-order valence-corrected chi connectivity index (χ1v) is 9.19. The first-order valence-electron chi connectivity index (χ1n) is 8.42. The summed E-state index contributed by atoms with van der Waals surface area (Å²) >= 11 is 1.12. The maximum atomic E-state index is 12.4. The van der Waals surface area contributed by atoms with E-state index < -0.39 is 0 Å². The lowest BCUT2D eigenvalue weighted by atomic mass is 10.1. The number of aryl methyl sites for hydroxylation is 1. The molecule has 1 N–H and O–H groups in total. The Labute approximate surface area is 156 Å². The molecular formula is C19H20N4O2S. The van der Waals surface area contributed by atoms with Crippen LogP contribution in [0, 0.1) is 0 Å². The predicted octanol–water partition coefficient (Wildman–Crippen LogP) is 3.57. The summed E-state index contributed by atoms with van der Waals surface area (Å²) in [4.78, 5) is 17.3. The molecule has 1 atom stereocenters. The normalized spacial score (nSPS) is 11.8. The van der Waals surface area contributed by atoms with E-state index in [0.717, 1.165) is 34.2 Å². The zero-order valence-electron chi connectivity index (χ0n) is 14.7. The van der Waals surface area contributed by atoms with E-state index in [1.54, 1.807) is 6.20 Å². The van der Waals surface area contributed by atoms with Gasteiger partial charge in [-0.1, -0.05) is 29.6 Å². The van der Waals surface area contributed by atoms with E-state index in [1.165, 1.54) is 0 Å². The van der Waals surface area contributed by atoms with Gasteiger partial charge in [-0.05, 0) is 54.7 Å². The molecule has 0 saturated heterocycles. The molecule has 6 nitrogen and oxygen atoms in total. The summed E-state index contributed by atoms with van der Waals surface area (Å²) in [6.45, 7) is 4.30. The van der Waals surface area contributed by atoms with Gasteiger partial charge in [0, 0.05) is 6.20 Å². The van der Waals surface area contributed by atoms with Crippen LogP contribution in [0.4, 0.5) is 0 Å². The Kier molecular flexibility index (Phi) is 5.91. The van der Waals surface area contributed by atoms with Gasteiger partial charge in [-0.3, -0.25) is 9.78 Å². The SMILES string of the molecule is CCc1nnsc1C(=O)N[C@H](C)c1cccc(OCc2ccccn2)c1. The van der Waals surface area contributed by atoms with E-state index in [4.69, 9.17) is 4.74 Å². The summed E-state index contributed by atoms with van der Waals surface area (Å²) in [5.74, 6) is 0.590. The fourth-order valence-corrected chi connectivity index (χ4v) is 3.13. The van der Waals surface area contributed by atoms with Crippen molar-refractivity contribution in [2.45, 2.75) is 32.9 Å². The number of hydrogen-bond acceptors (Lipinski definition) is 6. The number of rotatable bonds is 7. The van der Waals surface area contributed by atoms with Crippen molar-refractivity contribution in [3.05, 3.63) is 70.5 Å². The molecule has 0 aliphatic carbocycles. The lowest BCUT2D eigenvalue weighted by Crippen LogP contribution is -2.26. The van der Waals surface area contributed by atoms with Crippen LogP contribution in [0.25, 0.3) is 0 Å². The molecule has 1 amide bonds. The molecule has 3 rings (SSSR count). The van der Waals surface area contributed by atoms with E-state index in [1.807, 2.05) is 56.3 Å². The molecular weight excluding hydrogens is 348 g/mol. The van der Waals surface area contributed by atoms with Gasteiger partial charge in [0.2, 0.25) is 0 Å². The van der Waals surface area contributed by atoms with Gasteiger partial charge in [0.1, 0.15) is 17.2 Å². The highest BCUT2D eigenvalue weighted by atomic mass is 32.1. The minimum atomic E-state index is -0.160. The van der Waals surface area contributed by atoms with Crippen molar-refractivity contribution in [1.29, 1.82) is 0 Å². The van der Waals surface area contributed by atoms with Crippen LogP contribution in [0.2, 0.25) is 0 Å². The summed E-state index contributed by atoms with van der Waals surface area (Å²) in [5, 5.41) is 6.98. The number of amides is 1. The van der Waals surface area contributed by atoms with Crippen molar-refractivity contribution in [3.63, 3.8) is 0 Å². The second-order valence-electron chi connectivity index (χ2n) is 5.78. The summed E-state index contributed by atoms with van der Waals surface area (Å²) in [5.41, 5.74) is 2.56. The van der Waals surface area contributed by atoms with Crippen LogP contribution in [0.1, 0.15) is 46.5 Å². The third-order valence-electron chi connectivity index (χ3n) is 3.92. The second-order valence-corrected chi connectivity index (χ2v) is 6.53. The predicted molar refractivity (Wildman–Crippen MR) is 100 cm³/mol. The molecule has 0 unspecified atom stereocenters. The van der Waals surface area contributed by atoms with Crippen LogP contribution >= 0.6 is 11.5 Å². The van der Waals surface area contributed by atoms with Crippen LogP contribution in [0.3, 0.4) is 0 Å². The van der Waals surface area contributed by atoms with E-state index >= 15 is 0 Å². The number of aromatic nitrogens is 3. The average molecular weight is 368 g/mol. The minimum absolute atomic E-state index is 0.149. The van der Waals surface area contributed by atoms with Gasteiger partial charge in [0.25, 0.3) is 5.91 Å². The number of hydrogen-bond donors (Lipinski definition) is 1. The van der Waals surface area contributed by atoms with Crippen LogP contribution < -0.4 is 10.1 Å². The van der Waals surface area contributed by atoms with Gasteiger partial charge >= 0.3 is 0 Å². The van der Waals surface area contributed by atoms with Gasteiger partial charge in [0.15, 0.2) is 0 Å². The Morgan fingerprint density at radius 2 is 2.15 bits per heavy atom. The highest BCUT2D eigenvalue weighted by molar-refractivity contribution is 7.08. The summed E-state index contributed by atoms with van der Waals surface area (Å²) in [7, 11) is 0. The molecule has 3 aromatic rings. The molecule has 0 bridgehead atoms. The molecule has 1 aromatic carbocycles. The van der Waals surface area contributed by atoms with E-state index in [9.17, 15) is 4.79 Å². The fraction of sp³-hybridized carbons (Fsp3) is 0.263. The largest absolute Gasteiger partial charge is 0.487 e. The van der Waals surface area contributed by atoms with Crippen molar-refractivity contribution < 1.29 is 9.53 Å².